The fraction of sp³-hybridized carbons (Fsp3) is 0.462. The van der Waals surface area contributed by atoms with Gasteiger partial charge in [-0.25, -0.2) is 0 Å². The van der Waals surface area contributed by atoms with E-state index < -0.39 is 0 Å². The molecule has 1 aromatic rings. The monoisotopic (exact) mass is 218 g/mol. The average Bonchev–Trinajstić information content (AvgIpc) is 2.15. The molecule has 0 aliphatic carbocycles. The van der Waals surface area contributed by atoms with Crippen LogP contribution in [0.5, 0.6) is 0 Å². The number of nitrogens with two attached hydrogens (primary N) is 1. The maximum absolute atomic E-state index is 12.0. The van der Waals surface area contributed by atoms with Crippen LogP contribution in [0, 0.1) is 13.8 Å². The second-order valence-electron chi connectivity index (χ2n) is 4.70. The molecule has 0 unspecified atom stereocenters. The summed E-state index contributed by atoms with van der Waals surface area (Å²) in [7, 11) is 0. The number of aryl methyl sites for hydroxylation is 2. The van der Waals surface area contributed by atoms with E-state index in [4.69, 9.17) is 5.73 Å². The van der Waals surface area contributed by atoms with Crippen LogP contribution in [0.25, 0.3) is 0 Å². The van der Waals surface area contributed by atoms with Crippen LogP contribution in [0.2, 0.25) is 0 Å². The normalized spacial score (nSPS) is 17.2. The van der Waals surface area contributed by atoms with Crippen molar-refractivity contribution in [3.05, 3.63) is 34.9 Å². The molecule has 0 bridgehead atoms. The van der Waals surface area contributed by atoms with E-state index in [2.05, 4.69) is 11.0 Å². The fourth-order valence-electron chi connectivity index (χ4n) is 2.15. The van der Waals surface area contributed by atoms with Crippen LogP contribution in [0.1, 0.15) is 21.5 Å². The largest absolute Gasteiger partial charge is 0.325 e. The smallest absolute Gasteiger partial charge is 0.177 e. The van der Waals surface area contributed by atoms with Crippen LogP contribution >= 0.6 is 0 Å². The van der Waals surface area contributed by atoms with Gasteiger partial charge < -0.3 is 5.73 Å². The van der Waals surface area contributed by atoms with Crippen LogP contribution in [-0.2, 0) is 0 Å². The Morgan fingerprint density at radius 2 is 2.12 bits per heavy atom. The highest BCUT2D eigenvalue weighted by Gasteiger charge is 2.25. The lowest BCUT2D eigenvalue weighted by Gasteiger charge is -2.36. The van der Waals surface area contributed by atoms with E-state index >= 15 is 0 Å². The second-order valence-corrected chi connectivity index (χ2v) is 4.70. The molecular formula is C13H18N2O. The van der Waals surface area contributed by atoms with Gasteiger partial charge in [0.1, 0.15) is 0 Å². The van der Waals surface area contributed by atoms with Crippen LogP contribution in [0.3, 0.4) is 0 Å². The standard InChI is InChI=1S/C13H18N2O/c1-9-3-4-12(10(2)5-9)13(16)8-15-6-11(14)7-15/h3-5,11H,6-8,14H2,1-2H3. The number of rotatable bonds is 3. The lowest BCUT2D eigenvalue weighted by Crippen LogP contribution is -2.56. The summed E-state index contributed by atoms with van der Waals surface area (Å²) >= 11 is 0. The molecule has 0 radical (unpaired) electrons. The molecule has 3 nitrogen and oxygen atoms in total. The first-order valence-corrected chi connectivity index (χ1v) is 5.64. The maximum Gasteiger partial charge on any atom is 0.177 e. The fourth-order valence-corrected chi connectivity index (χ4v) is 2.15. The Kier molecular flexibility index (Phi) is 3.08. The molecular weight excluding hydrogens is 200 g/mol. The molecule has 3 heteroatoms. The average molecular weight is 218 g/mol. The Morgan fingerprint density at radius 3 is 2.69 bits per heavy atom. The third-order valence-electron chi connectivity index (χ3n) is 3.03. The molecule has 1 aliphatic rings. The third kappa shape index (κ3) is 2.31. The van der Waals surface area contributed by atoms with E-state index in [0.717, 1.165) is 24.2 Å². The molecule has 2 N–H and O–H groups in total. The van der Waals surface area contributed by atoms with Crippen LogP contribution in [0.15, 0.2) is 18.2 Å². The zero-order valence-corrected chi connectivity index (χ0v) is 9.86. The number of likely N-dealkylation sites (tertiary alicyclic amines) is 1. The Hall–Kier alpha value is -1.19. The van der Waals surface area contributed by atoms with Crippen molar-refractivity contribution in [2.45, 2.75) is 19.9 Å². The Balaban J connectivity index is 2.03. The Bertz CT molecular complexity index is 408. The Labute approximate surface area is 96.2 Å². The van der Waals surface area contributed by atoms with Gasteiger partial charge in [-0.15, -0.1) is 0 Å². The van der Waals surface area contributed by atoms with Gasteiger partial charge in [0.05, 0.1) is 6.54 Å². The van der Waals surface area contributed by atoms with Gasteiger partial charge in [-0.2, -0.15) is 0 Å². The molecule has 86 valence electrons. The Morgan fingerprint density at radius 1 is 1.44 bits per heavy atom. The first kappa shape index (κ1) is 11.3. The molecule has 0 spiro atoms. The molecule has 1 aromatic carbocycles. The molecule has 0 saturated carbocycles. The molecule has 0 amide bonds. The van der Waals surface area contributed by atoms with E-state index in [-0.39, 0.29) is 11.8 Å². The van der Waals surface area contributed by atoms with Crippen LogP contribution in [-0.4, -0.2) is 36.4 Å². The number of Topliss-reactive ketones (excluding diaryl/α,β-unsaturated/α-hetero) is 1. The third-order valence-corrected chi connectivity index (χ3v) is 3.03. The first-order chi connectivity index (χ1) is 7.56. The highest BCUT2D eigenvalue weighted by atomic mass is 16.1. The van der Waals surface area contributed by atoms with Gasteiger partial charge in [0, 0.05) is 24.7 Å². The van der Waals surface area contributed by atoms with E-state index in [1.54, 1.807) is 0 Å². The summed E-state index contributed by atoms with van der Waals surface area (Å²) < 4.78 is 0. The van der Waals surface area contributed by atoms with Crippen molar-refractivity contribution < 1.29 is 4.79 Å². The molecule has 1 saturated heterocycles. The number of carbonyl (C=O) groups is 1. The summed E-state index contributed by atoms with van der Waals surface area (Å²) in [6, 6.07) is 6.22. The molecule has 0 atom stereocenters. The van der Waals surface area contributed by atoms with Crippen molar-refractivity contribution in [3.63, 3.8) is 0 Å². The van der Waals surface area contributed by atoms with Crippen LogP contribution < -0.4 is 5.73 Å². The van der Waals surface area contributed by atoms with E-state index in [9.17, 15) is 4.79 Å². The quantitative estimate of drug-likeness (QED) is 0.774. The predicted octanol–water partition coefficient (Wildman–Crippen LogP) is 1.13. The summed E-state index contributed by atoms with van der Waals surface area (Å²) in [4.78, 5) is 14.1. The maximum atomic E-state index is 12.0. The van der Waals surface area contributed by atoms with Crippen molar-refractivity contribution in [1.82, 2.24) is 4.90 Å². The van der Waals surface area contributed by atoms with Gasteiger partial charge in [-0.05, 0) is 19.4 Å². The van der Waals surface area contributed by atoms with Crippen LogP contribution in [0.4, 0.5) is 0 Å². The van der Waals surface area contributed by atoms with Gasteiger partial charge in [-0.3, -0.25) is 9.69 Å². The highest BCUT2D eigenvalue weighted by Crippen LogP contribution is 2.13. The molecule has 0 aromatic heterocycles. The lowest BCUT2D eigenvalue weighted by molar-refractivity contribution is 0.0843. The van der Waals surface area contributed by atoms with E-state index in [1.807, 2.05) is 26.0 Å². The summed E-state index contributed by atoms with van der Waals surface area (Å²) in [6.45, 7) is 6.21. The first-order valence-electron chi connectivity index (χ1n) is 5.64. The van der Waals surface area contributed by atoms with Crippen molar-refractivity contribution >= 4 is 5.78 Å². The second kappa shape index (κ2) is 4.36. The minimum Gasteiger partial charge on any atom is -0.325 e. The van der Waals surface area contributed by atoms with Crippen molar-refractivity contribution in [3.8, 4) is 0 Å². The van der Waals surface area contributed by atoms with E-state index in [1.165, 1.54) is 5.56 Å². The van der Waals surface area contributed by atoms with Gasteiger partial charge in [0.25, 0.3) is 0 Å². The van der Waals surface area contributed by atoms with Gasteiger partial charge in [0.15, 0.2) is 5.78 Å². The van der Waals surface area contributed by atoms with E-state index in [0.29, 0.717) is 6.54 Å². The number of hydrogen-bond acceptors (Lipinski definition) is 3. The lowest BCUT2D eigenvalue weighted by atomic mass is 10.0. The zero-order chi connectivity index (χ0) is 11.7. The molecule has 1 heterocycles. The summed E-state index contributed by atoms with van der Waals surface area (Å²) in [5.41, 5.74) is 8.78. The minimum atomic E-state index is 0.199. The van der Waals surface area contributed by atoms with Gasteiger partial charge in [-0.1, -0.05) is 23.8 Å². The number of hydrogen-bond donors (Lipinski definition) is 1. The summed E-state index contributed by atoms with van der Waals surface area (Å²) in [6.07, 6.45) is 0. The summed E-state index contributed by atoms with van der Waals surface area (Å²) in [5, 5.41) is 0. The van der Waals surface area contributed by atoms with Crippen molar-refractivity contribution in [1.29, 1.82) is 0 Å². The predicted molar refractivity (Wildman–Crippen MR) is 64.7 cm³/mol. The minimum absolute atomic E-state index is 0.199. The number of carbonyl (C=O) groups excluding carboxylic acids is 1. The number of benzene rings is 1. The zero-order valence-electron chi connectivity index (χ0n) is 9.86. The van der Waals surface area contributed by atoms with Gasteiger partial charge in [0.2, 0.25) is 0 Å². The summed E-state index contributed by atoms with van der Waals surface area (Å²) in [5.74, 6) is 0.199. The number of ketones is 1. The molecule has 1 aliphatic heterocycles. The number of nitrogens with zero attached hydrogens (tertiary/aromatic N) is 1. The SMILES string of the molecule is Cc1ccc(C(=O)CN2CC(N)C2)c(C)c1. The topological polar surface area (TPSA) is 46.3 Å². The highest BCUT2D eigenvalue weighted by molar-refractivity contribution is 5.99. The molecule has 1 fully saturated rings. The molecule has 16 heavy (non-hydrogen) atoms. The molecule has 2 rings (SSSR count). The van der Waals surface area contributed by atoms with Crippen molar-refractivity contribution in [2.24, 2.45) is 5.73 Å². The van der Waals surface area contributed by atoms with Gasteiger partial charge >= 0.3 is 0 Å². The van der Waals surface area contributed by atoms with Crippen molar-refractivity contribution in [2.75, 3.05) is 19.6 Å².